The molecule has 7 aromatic rings. The summed E-state index contributed by atoms with van der Waals surface area (Å²) in [5.41, 5.74) is 6.50. The lowest BCUT2D eigenvalue weighted by atomic mass is 9.78. The Hall–Kier alpha value is -5.11. The molecule has 46 heavy (non-hydrogen) atoms. The number of hydrogen-bond donors (Lipinski definition) is 0. The Morgan fingerprint density at radius 3 is 1.80 bits per heavy atom. The second-order valence-corrected chi connectivity index (χ2v) is 12.7. The zero-order valence-corrected chi connectivity index (χ0v) is 26.2. The Morgan fingerprint density at radius 1 is 0.500 bits per heavy atom. The monoisotopic (exact) mass is 601 g/mol. The topological polar surface area (TPSA) is 70.3 Å². The maximum absolute atomic E-state index is 6.39. The van der Waals surface area contributed by atoms with Gasteiger partial charge < -0.3 is 13.7 Å². The minimum Gasteiger partial charge on any atom is -0.456 e. The highest BCUT2D eigenvalue weighted by atomic mass is 16.7. The van der Waals surface area contributed by atoms with Crippen molar-refractivity contribution in [3.63, 3.8) is 0 Å². The van der Waals surface area contributed by atoms with Gasteiger partial charge in [0.25, 0.3) is 0 Å². The van der Waals surface area contributed by atoms with E-state index in [-0.39, 0.29) is 0 Å². The number of furan rings is 1. The third-order valence-corrected chi connectivity index (χ3v) is 9.18. The van der Waals surface area contributed by atoms with Gasteiger partial charge in [0, 0.05) is 27.5 Å². The molecular formula is C39H32BN3O3. The predicted octanol–water partition coefficient (Wildman–Crippen LogP) is 8.74. The van der Waals surface area contributed by atoms with E-state index in [1.54, 1.807) is 0 Å². The molecule has 6 nitrogen and oxygen atoms in total. The van der Waals surface area contributed by atoms with Gasteiger partial charge in [0.05, 0.1) is 11.2 Å². The third-order valence-electron chi connectivity index (χ3n) is 9.18. The summed E-state index contributed by atoms with van der Waals surface area (Å²) in [5.74, 6) is 1.78. The van der Waals surface area contributed by atoms with Crippen molar-refractivity contribution >= 4 is 34.5 Å². The van der Waals surface area contributed by atoms with Crippen molar-refractivity contribution in [1.82, 2.24) is 15.0 Å². The Bertz CT molecular complexity index is 2210. The first-order valence-corrected chi connectivity index (χ1v) is 15.5. The van der Waals surface area contributed by atoms with Crippen LogP contribution < -0.4 is 5.46 Å². The summed E-state index contributed by atoms with van der Waals surface area (Å²) in [6.45, 7) is 8.26. The molecule has 3 heterocycles. The summed E-state index contributed by atoms with van der Waals surface area (Å²) in [6.07, 6.45) is 0. The molecule has 0 atom stereocenters. The second kappa shape index (κ2) is 10.8. The minimum atomic E-state index is -0.489. The van der Waals surface area contributed by atoms with E-state index in [1.807, 2.05) is 91.0 Å². The Morgan fingerprint density at radius 2 is 1.09 bits per heavy atom. The third kappa shape index (κ3) is 4.89. The van der Waals surface area contributed by atoms with E-state index < -0.39 is 18.3 Å². The zero-order chi connectivity index (χ0) is 31.5. The highest BCUT2D eigenvalue weighted by molar-refractivity contribution is 6.62. The van der Waals surface area contributed by atoms with Crippen molar-refractivity contribution in [1.29, 1.82) is 0 Å². The van der Waals surface area contributed by atoms with Crippen LogP contribution in [-0.2, 0) is 9.31 Å². The van der Waals surface area contributed by atoms with Crippen molar-refractivity contribution in [2.45, 2.75) is 38.9 Å². The smallest absolute Gasteiger partial charge is 0.456 e. The van der Waals surface area contributed by atoms with Crippen LogP contribution >= 0.6 is 0 Å². The van der Waals surface area contributed by atoms with Gasteiger partial charge in [0.2, 0.25) is 0 Å². The van der Waals surface area contributed by atoms with Crippen molar-refractivity contribution in [2.24, 2.45) is 0 Å². The van der Waals surface area contributed by atoms with Gasteiger partial charge in [-0.25, -0.2) is 15.0 Å². The number of fused-ring (bicyclic) bond motifs is 3. The molecule has 0 spiro atoms. The highest BCUT2D eigenvalue weighted by Gasteiger charge is 2.51. The largest absolute Gasteiger partial charge is 0.494 e. The maximum atomic E-state index is 6.39. The lowest BCUT2D eigenvalue weighted by Crippen LogP contribution is -2.41. The summed E-state index contributed by atoms with van der Waals surface area (Å²) in [4.78, 5) is 15.1. The van der Waals surface area contributed by atoms with Crippen LogP contribution in [0.1, 0.15) is 27.7 Å². The Kier molecular flexibility index (Phi) is 6.64. The zero-order valence-electron chi connectivity index (χ0n) is 26.2. The fourth-order valence-electron chi connectivity index (χ4n) is 5.97. The number of nitrogens with zero attached hydrogens (tertiary/aromatic N) is 3. The van der Waals surface area contributed by atoms with Crippen LogP contribution in [0.4, 0.5) is 0 Å². The lowest BCUT2D eigenvalue weighted by molar-refractivity contribution is 0.00578. The highest BCUT2D eigenvalue weighted by Crippen LogP contribution is 2.39. The molecule has 1 saturated heterocycles. The molecule has 1 aliphatic rings. The molecule has 8 rings (SSSR count). The van der Waals surface area contributed by atoms with Crippen LogP contribution in [0.15, 0.2) is 126 Å². The molecule has 1 fully saturated rings. The van der Waals surface area contributed by atoms with Crippen LogP contribution in [0.2, 0.25) is 0 Å². The first kappa shape index (κ1) is 28.4. The molecule has 0 aliphatic carbocycles. The summed E-state index contributed by atoms with van der Waals surface area (Å²) in [7, 11) is -0.489. The number of hydrogen-bond acceptors (Lipinski definition) is 6. The molecule has 1 aliphatic heterocycles. The first-order chi connectivity index (χ1) is 22.3. The van der Waals surface area contributed by atoms with Crippen molar-refractivity contribution in [3.05, 3.63) is 121 Å². The summed E-state index contributed by atoms with van der Waals surface area (Å²) in [6, 6.07) is 40.8. The Balaban J connectivity index is 1.31. The lowest BCUT2D eigenvalue weighted by Gasteiger charge is -2.32. The van der Waals surface area contributed by atoms with Gasteiger partial charge in [-0.1, -0.05) is 103 Å². The average molecular weight is 602 g/mol. The summed E-state index contributed by atoms with van der Waals surface area (Å²) in [5, 5.41) is 1.89. The average Bonchev–Trinajstić information content (AvgIpc) is 3.57. The molecule has 2 aromatic heterocycles. The van der Waals surface area contributed by atoms with Gasteiger partial charge in [-0.05, 0) is 62.5 Å². The molecule has 7 heteroatoms. The van der Waals surface area contributed by atoms with Crippen LogP contribution in [0, 0.1) is 0 Å². The van der Waals surface area contributed by atoms with Crippen LogP contribution in [0.25, 0.3) is 67.2 Å². The van der Waals surface area contributed by atoms with Crippen molar-refractivity contribution in [2.75, 3.05) is 0 Å². The number of rotatable bonds is 5. The number of aromatic nitrogens is 3. The Labute approximate surface area is 268 Å². The summed E-state index contributed by atoms with van der Waals surface area (Å²) >= 11 is 0. The van der Waals surface area contributed by atoms with Gasteiger partial charge in [-0.2, -0.15) is 0 Å². The quantitative estimate of drug-likeness (QED) is 0.184. The normalized spacial score (nSPS) is 15.5. The van der Waals surface area contributed by atoms with Gasteiger partial charge >= 0.3 is 7.12 Å². The van der Waals surface area contributed by atoms with E-state index in [4.69, 9.17) is 28.7 Å². The number of benzene rings is 5. The van der Waals surface area contributed by atoms with Crippen molar-refractivity contribution < 1.29 is 13.7 Å². The predicted molar refractivity (Wildman–Crippen MR) is 185 cm³/mol. The molecule has 0 N–H and O–H groups in total. The van der Waals surface area contributed by atoms with E-state index in [2.05, 4.69) is 58.0 Å². The van der Waals surface area contributed by atoms with Gasteiger partial charge in [-0.15, -0.1) is 0 Å². The van der Waals surface area contributed by atoms with Crippen LogP contribution in [0.5, 0.6) is 0 Å². The molecule has 0 amide bonds. The van der Waals surface area contributed by atoms with E-state index in [0.717, 1.165) is 55.2 Å². The maximum Gasteiger partial charge on any atom is 0.494 e. The molecular weight excluding hydrogens is 569 g/mol. The van der Waals surface area contributed by atoms with E-state index in [0.29, 0.717) is 17.5 Å². The molecule has 0 radical (unpaired) electrons. The van der Waals surface area contributed by atoms with E-state index in [1.165, 1.54) is 0 Å². The van der Waals surface area contributed by atoms with Crippen molar-refractivity contribution in [3.8, 4) is 45.3 Å². The molecule has 5 aromatic carbocycles. The molecule has 0 bridgehead atoms. The fourth-order valence-corrected chi connectivity index (χ4v) is 5.97. The van der Waals surface area contributed by atoms with E-state index in [9.17, 15) is 0 Å². The van der Waals surface area contributed by atoms with Crippen LogP contribution in [-0.4, -0.2) is 33.3 Å². The fraction of sp³-hybridized carbons (Fsp3) is 0.154. The van der Waals surface area contributed by atoms with Gasteiger partial charge in [-0.3, -0.25) is 0 Å². The van der Waals surface area contributed by atoms with Gasteiger partial charge in [0.1, 0.15) is 11.2 Å². The molecule has 0 unspecified atom stereocenters. The first-order valence-electron chi connectivity index (χ1n) is 15.5. The summed E-state index contributed by atoms with van der Waals surface area (Å²) < 4.78 is 19.1. The minimum absolute atomic E-state index is 0.441. The van der Waals surface area contributed by atoms with Gasteiger partial charge in [0.15, 0.2) is 17.5 Å². The molecule has 224 valence electrons. The molecule has 0 saturated carbocycles. The SMILES string of the molecule is CC1(C)OB(c2ccc3oc4cccc(-c5nc(-c6ccccc6)nc(-c6cccc(-c7ccccc7)c6)n5)c4c3c2)OC1(C)C. The standard InChI is InChI=1S/C39H32BN3O3/c1-38(2)39(3,4)46-40(45-38)29-21-22-32-31(24-29)34-30(19-12-20-33(34)44-32)37-42-35(26-15-9-6-10-16-26)41-36(43-37)28-18-11-17-27(23-28)25-13-7-5-8-14-25/h5-24H,1-4H3. The van der Waals surface area contributed by atoms with E-state index >= 15 is 0 Å². The second-order valence-electron chi connectivity index (χ2n) is 12.7. The van der Waals surface area contributed by atoms with Crippen LogP contribution in [0.3, 0.4) is 0 Å².